The molecule has 9 heteroatoms. The normalized spacial score (nSPS) is 19.6. The molecule has 0 radical (unpaired) electrons. The maximum atomic E-state index is 5.42. The zero-order valence-electron chi connectivity index (χ0n) is 16.6. The number of nitrogens with zero attached hydrogens (tertiary/aromatic N) is 5. The van der Waals surface area contributed by atoms with Crippen LogP contribution in [0.2, 0.25) is 0 Å². The fraction of sp³-hybridized carbons (Fsp3) is 0.833. The average molecular weight is 491 g/mol. The van der Waals surface area contributed by atoms with Gasteiger partial charge in [0, 0.05) is 39.3 Å². The minimum atomic E-state index is 0. The zero-order valence-corrected chi connectivity index (χ0v) is 18.9. The number of hydrogen-bond donors (Lipinski definition) is 2. The summed E-state index contributed by atoms with van der Waals surface area (Å²) in [5, 5.41) is 15.5. The number of hydrogen-bond acceptors (Lipinski definition) is 5. The van der Waals surface area contributed by atoms with E-state index in [0.29, 0.717) is 12.6 Å². The number of halogens is 1. The predicted octanol–water partition coefficient (Wildman–Crippen LogP) is 1.44. The van der Waals surface area contributed by atoms with Crippen LogP contribution in [0.15, 0.2) is 4.99 Å². The van der Waals surface area contributed by atoms with Crippen LogP contribution >= 0.6 is 24.0 Å². The Bertz CT molecular complexity index is 580. The standard InChI is InChI=1S/C18H33N7O.HI/c1-15-22-23-17(24(15)2)14-20-18(21-16-6-4-3-5-7-16)19-8-9-25-10-12-26-13-11-25;/h16H,3-14H2,1-2H3,(H2,19,20,21);1H. The van der Waals surface area contributed by atoms with E-state index in [-0.39, 0.29) is 24.0 Å². The van der Waals surface area contributed by atoms with Gasteiger partial charge in [-0.15, -0.1) is 34.2 Å². The van der Waals surface area contributed by atoms with Gasteiger partial charge in [0.15, 0.2) is 11.8 Å². The molecule has 1 aromatic heterocycles. The molecule has 0 bridgehead atoms. The minimum Gasteiger partial charge on any atom is -0.379 e. The number of aromatic nitrogens is 3. The highest BCUT2D eigenvalue weighted by Gasteiger charge is 2.16. The summed E-state index contributed by atoms with van der Waals surface area (Å²) in [6, 6.07) is 0.527. The summed E-state index contributed by atoms with van der Waals surface area (Å²) >= 11 is 0. The molecular weight excluding hydrogens is 457 g/mol. The third kappa shape index (κ3) is 7.19. The lowest BCUT2D eigenvalue weighted by Gasteiger charge is -2.28. The maximum Gasteiger partial charge on any atom is 0.191 e. The summed E-state index contributed by atoms with van der Waals surface area (Å²) in [4.78, 5) is 7.20. The lowest BCUT2D eigenvalue weighted by atomic mass is 9.96. The second kappa shape index (κ2) is 11.8. The molecule has 27 heavy (non-hydrogen) atoms. The third-order valence-electron chi connectivity index (χ3n) is 5.33. The van der Waals surface area contributed by atoms with Gasteiger partial charge in [0.1, 0.15) is 12.4 Å². The summed E-state index contributed by atoms with van der Waals surface area (Å²) in [7, 11) is 1.99. The first-order chi connectivity index (χ1) is 12.7. The Kier molecular flexibility index (Phi) is 9.77. The molecule has 2 heterocycles. The molecule has 0 atom stereocenters. The van der Waals surface area contributed by atoms with E-state index in [1.54, 1.807) is 0 Å². The summed E-state index contributed by atoms with van der Waals surface area (Å²) in [6.07, 6.45) is 6.43. The fourth-order valence-corrected chi connectivity index (χ4v) is 3.49. The SMILES string of the molecule is Cc1nnc(CN=C(NCCN2CCOCC2)NC2CCCCC2)n1C.I. The molecule has 0 unspecified atom stereocenters. The number of nitrogens with one attached hydrogen (secondary N) is 2. The van der Waals surface area contributed by atoms with Crippen LogP contribution in [0.5, 0.6) is 0 Å². The van der Waals surface area contributed by atoms with E-state index < -0.39 is 0 Å². The van der Waals surface area contributed by atoms with E-state index in [1.165, 1.54) is 32.1 Å². The van der Waals surface area contributed by atoms with Crippen molar-refractivity contribution in [3.63, 3.8) is 0 Å². The van der Waals surface area contributed by atoms with Gasteiger partial charge in [-0.3, -0.25) is 4.90 Å². The maximum absolute atomic E-state index is 5.42. The van der Waals surface area contributed by atoms with Crippen molar-refractivity contribution in [2.24, 2.45) is 12.0 Å². The molecule has 1 aliphatic carbocycles. The topological polar surface area (TPSA) is 79.6 Å². The Labute approximate surface area is 179 Å². The highest BCUT2D eigenvalue weighted by Crippen LogP contribution is 2.17. The Morgan fingerprint density at radius 3 is 2.59 bits per heavy atom. The minimum absolute atomic E-state index is 0. The third-order valence-corrected chi connectivity index (χ3v) is 5.33. The molecule has 2 aliphatic rings. The Morgan fingerprint density at radius 1 is 1.19 bits per heavy atom. The second-order valence-corrected chi connectivity index (χ2v) is 7.25. The Balaban J connectivity index is 0.00000261. The number of aliphatic imine (C=N–C) groups is 1. The summed E-state index contributed by atoms with van der Waals surface area (Å²) in [5.41, 5.74) is 0. The van der Waals surface area contributed by atoms with E-state index in [2.05, 4.69) is 25.7 Å². The lowest BCUT2D eigenvalue weighted by molar-refractivity contribution is 0.0389. The van der Waals surface area contributed by atoms with Crippen molar-refractivity contribution in [1.82, 2.24) is 30.3 Å². The van der Waals surface area contributed by atoms with Gasteiger partial charge in [-0.25, -0.2) is 4.99 Å². The van der Waals surface area contributed by atoms with Crippen LogP contribution in [0.25, 0.3) is 0 Å². The van der Waals surface area contributed by atoms with Crippen LogP contribution in [0, 0.1) is 6.92 Å². The molecule has 8 nitrogen and oxygen atoms in total. The van der Waals surface area contributed by atoms with Gasteiger partial charge >= 0.3 is 0 Å². The zero-order chi connectivity index (χ0) is 18.2. The van der Waals surface area contributed by atoms with E-state index >= 15 is 0 Å². The van der Waals surface area contributed by atoms with Gasteiger partial charge in [-0.1, -0.05) is 19.3 Å². The number of guanidine groups is 1. The van der Waals surface area contributed by atoms with Gasteiger partial charge in [0.25, 0.3) is 0 Å². The average Bonchev–Trinajstić information content (AvgIpc) is 2.99. The van der Waals surface area contributed by atoms with Gasteiger partial charge in [0.05, 0.1) is 13.2 Å². The summed E-state index contributed by atoms with van der Waals surface area (Å²) < 4.78 is 7.41. The quantitative estimate of drug-likeness (QED) is 0.356. The van der Waals surface area contributed by atoms with Crippen LogP contribution < -0.4 is 10.6 Å². The molecule has 2 N–H and O–H groups in total. The van der Waals surface area contributed by atoms with Crippen molar-refractivity contribution in [2.45, 2.75) is 51.6 Å². The smallest absolute Gasteiger partial charge is 0.191 e. The lowest BCUT2D eigenvalue weighted by Crippen LogP contribution is -2.47. The largest absolute Gasteiger partial charge is 0.379 e. The van der Waals surface area contributed by atoms with Gasteiger partial charge in [-0.2, -0.15) is 0 Å². The number of rotatable bonds is 6. The van der Waals surface area contributed by atoms with Crippen molar-refractivity contribution in [2.75, 3.05) is 39.4 Å². The van der Waals surface area contributed by atoms with Gasteiger partial charge in [-0.05, 0) is 19.8 Å². The summed E-state index contributed by atoms with van der Waals surface area (Å²) in [5.74, 6) is 2.70. The summed E-state index contributed by atoms with van der Waals surface area (Å²) in [6.45, 7) is 8.11. The highest BCUT2D eigenvalue weighted by atomic mass is 127. The first-order valence-electron chi connectivity index (χ1n) is 9.92. The molecule has 2 fully saturated rings. The first kappa shape index (κ1) is 22.4. The molecule has 1 saturated heterocycles. The van der Waals surface area contributed by atoms with Gasteiger partial charge in [0.2, 0.25) is 0 Å². The molecule has 1 aliphatic heterocycles. The molecule has 0 spiro atoms. The molecule has 0 aromatic carbocycles. The van der Waals surface area contributed by atoms with Crippen LogP contribution in [0.4, 0.5) is 0 Å². The monoisotopic (exact) mass is 491 g/mol. The predicted molar refractivity (Wildman–Crippen MR) is 118 cm³/mol. The van der Waals surface area contributed by atoms with E-state index in [0.717, 1.165) is 57.0 Å². The van der Waals surface area contributed by atoms with E-state index in [4.69, 9.17) is 9.73 Å². The molecular formula is C18H34IN7O. The van der Waals surface area contributed by atoms with Crippen LogP contribution in [0.1, 0.15) is 43.8 Å². The van der Waals surface area contributed by atoms with Crippen LogP contribution in [-0.4, -0.2) is 71.1 Å². The Hall–Kier alpha value is -0.940. The Morgan fingerprint density at radius 2 is 1.93 bits per heavy atom. The van der Waals surface area contributed by atoms with Crippen molar-refractivity contribution >= 4 is 29.9 Å². The van der Waals surface area contributed by atoms with Crippen molar-refractivity contribution in [1.29, 1.82) is 0 Å². The highest BCUT2D eigenvalue weighted by molar-refractivity contribution is 14.0. The molecule has 1 aromatic rings. The van der Waals surface area contributed by atoms with Crippen molar-refractivity contribution < 1.29 is 4.74 Å². The fourth-order valence-electron chi connectivity index (χ4n) is 3.49. The van der Waals surface area contributed by atoms with Crippen LogP contribution in [0.3, 0.4) is 0 Å². The van der Waals surface area contributed by atoms with Crippen molar-refractivity contribution in [3.05, 3.63) is 11.6 Å². The number of aryl methyl sites for hydroxylation is 1. The first-order valence-corrected chi connectivity index (χ1v) is 9.92. The molecule has 3 rings (SSSR count). The van der Waals surface area contributed by atoms with E-state index in [1.807, 2.05) is 18.5 Å². The number of morpholine rings is 1. The second-order valence-electron chi connectivity index (χ2n) is 7.25. The number of ether oxygens (including phenoxy) is 1. The molecule has 1 saturated carbocycles. The van der Waals surface area contributed by atoms with Gasteiger partial charge < -0.3 is 19.9 Å². The van der Waals surface area contributed by atoms with E-state index in [9.17, 15) is 0 Å². The van der Waals surface area contributed by atoms with Crippen LogP contribution in [-0.2, 0) is 18.3 Å². The molecule has 154 valence electrons. The van der Waals surface area contributed by atoms with Crippen molar-refractivity contribution in [3.8, 4) is 0 Å². The molecule has 0 amide bonds.